The van der Waals surface area contributed by atoms with Crippen molar-refractivity contribution in [3.05, 3.63) is 23.3 Å². The quantitative estimate of drug-likeness (QED) is 0.900. The number of carbonyl (C=O) groups excluding carboxylic acids is 1. The smallest absolute Gasteiger partial charge is 0.223 e. The van der Waals surface area contributed by atoms with E-state index in [2.05, 4.69) is 5.32 Å². The van der Waals surface area contributed by atoms with E-state index in [0.29, 0.717) is 12.3 Å². The molecule has 0 radical (unpaired) electrons. The summed E-state index contributed by atoms with van der Waals surface area (Å²) in [5.41, 5.74) is 2.16. The lowest BCUT2D eigenvalue weighted by Gasteiger charge is -2.15. The molecule has 110 valence electrons. The number of carbonyl (C=O) groups is 1. The Labute approximate surface area is 120 Å². The van der Waals surface area contributed by atoms with E-state index in [-0.39, 0.29) is 11.8 Å². The van der Waals surface area contributed by atoms with Crippen molar-refractivity contribution >= 4 is 5.91 Å². The van der Waals surface area contributed by atoms with Crippen LogP contribution in [0.2, 0.25) is 0 Å². The van der Waals surface area contributed by atoms with E-state index in [1.165, 1.54) is 12.8 Å². The summed E-state index contributed by atoms with van der Waals surface area (Å²) in [7, 11) is 3.24. The van der Waals surface area contributed by atoms with Crippen LogP contribution in [0.1, 0.15) is 36.8 Å². The van der Waals surface area contributed by atoms with E-state index in [1.54, 1.807) is 14.2 Å². The van der Waals surface area contributed by atoms with E-state index >= 15 is 0 Å². The van der Waals surface area contributed by atoms with E-state index in [9.17, 15) is 4.79 Å². The average molecular weight is 277 g/mol. The van der Waals surface area contributed by atoms with Crippen LogP contribution in [-0.2, 0) is 11.3 Å². The number of hydrogen-bond acceptors (Lipinski definition) is 3. The second-order valence-corrected chi connectivity index (χ2v) is 5.33. The Bertz CT molecular complexity index is 479. The molecule has 0 aromatic heterocycles. The van der Waals surface area contributed by atoms with Gasteiger partial charge < -0.3 is 14.8 Å². The highest BCUT2D eigenvalue weighted by Gasteiger charge is 2.22. The first kappa shape index (κ1) is 14.7. The first-order valence-electron chi connectivity index (χ1n) is 7.15. The van der Waals surface area contributed by atoms with Gasteiger partial charge in [0.05, 0.1) is 14.2 Å². The Balaban J connectivity index is 2.03. The summed E-state index contributed by atoms with van der Waals surface area (Å²) < 4.78 is 10.6. The minimum absolute atomic E-state index is 0.177. The Morgan fingerprint density at radius 3 is 2.40 bits per heavy atom. The monoisotopic (exact) mass is 277 g/mol. The average Bonchev–Trinajstić information content (AvgIpc) is 2.99. The van der Waals surface area contributed by atoms with Crippen LogP contribution in [0.25, 0.3) is 0 Å². The summed E-state index contributed by atoms with van der Waals surface area (Å²) in [6, 6.07) is 3.87. The molecule has 20 heavy (non-hydrogen) atoms. The van der Waals surface area contributed by atoms with Gasteiger partial charge in [0.1, 0.15) is 0 Å². The lowest BCUT2D eigenvalue weighted by Crippen LogP contribution is -2.29. The molecule has 0 unspecified atom stereocenters. The van der Waals surface area contributed by atoms with Crippen LogP contribution < -0.4 is 14.8 Å². The zero-order valence-corrected chi connectivity index (χ0v) is 12.5. The van der Waals surface area contributed by atoms with Gasteiger partial charge in [-0.05, 0) is 43.0 Å². The van der Waals surface area contributed by atoms with Gasteiger partial charge in [0.2, 0.25) is 5.91 Å². The topological polar surface area (TPSA) is 47.6 Å². The molecule has 2 rings (SSSR count). The number of nitrogens with one attached hydrogen (secondary N) is 1. The zero-order valence-electron chi connectivity index (χ0n) is 12.5. The van der Waals surface area contributed by atoms with Crippen LogP contribution in [0.5, 0.6) is 11.5 Å². The van der Waals surface area contributed by atoms with Crippen molar-refractivity contribution in [1.82, 2.24) is 5.32 Å². The lowest BCUT2D eigenvalue weighted by atomic mass is 10.1. The normalized spacial score (nSPS) is 15.2. The molecule has 1 fully saturated rings. The number of methoxy groups -OCH3 is 2. The minimum atomic E-state index is 0.177. The summed E-state index contributed by atoms with van der Waals surface area (Å²) in [5.74, 6) is 1.80. The predicted octanol–water partition coefficient (Wildman–Crippen LogP) is 2.82. The molecular formula is C16H23NO3. The molecule has 0 aliphatic heterocycles. The molecule has 1 aromatic carbocycles. The minimum Gasteiger partial charge on any atom is -0.493 e. The van der Waals surface area contributed by atoms with Crippen LogP contribution in [0.3, 0.4) is 0 Å². The largest absolute Gasteiger partial charge is 0.493 e. The highest BCUT2D eigenvalue weighted by Crippen LogP contribution is 2.30. The fourth-order valence-electron chi connectivity index (χ4n) is 2.73. The molecule has 1 N–H and O–H groups in total. The summed E-state index contributed by atoms with van der Waals surface area (Å²) >= 11 is 0. The number of amides is 1. The number of hydrogen-bond donors (Lipinski definition) is 1. The van der Waals surface area contributed by atoms with Gasteiger partial charge in [-0.2, -0.15) is 0 Å². The molecule has 0 spiro atoms. The maximum Gasteiger partial charge on any atom is 0.223 e. The molecule has 1 amide bonds. The fourth-order valence-corrected chi connectivity index (χ4v) is 2.73. The van der Waals surface area contributed by atoms with E-state index in [4.69, 9.17) is 9.47 Å². The van der Waals surface area contributed by atoms with Gasteiger partial charge in [-0.15, -0.1) is 0 Å². The highest BCUT2D eigenvalue weighted by atomic mass is 16.5. The second-order valence-electron chi connectivity index (χ2n) is 5.33. The molecule has 0 bridgehead atoms. The maximum atomic E-state index is 12.0. The van der Waals surface area contributed by atoms with Crippen molar-refractivity contribution in [3.63, 3.8) is 0 Å². The van der Waals surface area contributed by atoms with Gasteiger partial charge in [-0.1, -0.05) is 12.8 Å². The van der Waals surface area contributed by atoms with Crippen molar-refractivity contribution in [2.45, 2.75) is 39.2 Å². The van der Waals surface area contributed by atoms with Crippen molar-refractivity contribution in [1.29, 1.82) is 0 Å². The second kappa shape index (κ2) is 6.64. The Morgan fingerprint density at radius 2 is 1.80 bits per heavy atom. The van der Waals surface area contributed by atoms with Gasteiger partial charge >= 0.3 is 0 Å². The number of ether oxygens (including phenoxy) is 2. The number of aryl methyl sites for hydroxylation is 1. The predicted molar refractivity (Wildman–Crippen MR) is 78.1 cm³/mol. The molecular weight excluding hydrogens is 254 g/mol. The van der Waals surface area contributed by atoms with Crippen molar-refractivity contribution < 1.29 is 14.3 Å². The van der Waals surface area contributed by atoms with Crippen LogP contribution in [0.4, 0.5) is 0 Å². The fraction of sp³-hybridized carbons (Fsp3) is 0.562. The Hall–Kier alpha value is -1.71. The Morgan fingerprint density at radius 1 is 1.20 bits per heavy atom. The van der Waals surface area contributed by atoms with Crippen molar-refractivity contribution in [3.8, 4) is 11.5 Å². The Kier molecular flexibility index (Phi) is 4.88. The summed E-state index contributed by atoms with van der Waals surface area (Å²) in [4.78, 5) is 12.0. The zero-order chi connectivity index (χ0) is 14.5. The SMILES string of the molecule is COc1cc(C)c(CNC(=O)C2CCCC2)cc1OC. The molecule has 1 aromatic rings. The van der Waals surface area contributed by atoms with E-state index in [1.807, 2.05) is 19.1 Å². The van der Waals surface area contributed by atoms with Gasteiger partial charge in [-0.3, -0.25) is 4.79 Å². The molecule has 0 saturated heterocycles. The molecule has 0 atom stereocenters. The van der Waals surface area contributed by atoms with Gasteiger partial charge in [0.25, 0.3) is 0 Å². The van der Waals surface area contributed by atoms with Crippen LogP contribution in [-0.4, -0.2) is 20.1 Å². The van der Waals surface area contributed by atoms with Crippen LogP contribution in [0, 0.1) is 12.8 Å². The maximum absolute atomic E-state index is 12.0. The van der Waals surface area contributed by atoms with E-state index < -0.39 is 0 Å². The summed E-state index contributed by atoms with van der Waals surface area (Å²) in [6.07, 6.45) is 4.40. The van der Waals surface area contributed by atoms with Crippen LogP contribution in [0.15, 0.2) is 12.1 Å². The van der Waals surface area contributed by atoms with E-state index in [0.717, 1.165) is 29.7 Å². The highest BCUT2D eigenvalue weighted by molar-refractivity contribution is 5.78. The summed E-state index contributed by atoms with van der Waals surface area (Å²) in [5, 5.41) is 3.04. The first-order valence-corrected chi connectivity index (χ1v) is 7.15. The third kappa shape index (κ3) is 3.24. The third-order valence-electron chi connectivity index (χ3n) is 4.02. The lowest BCUT2D eigenvalue weighted by molar-refractivity contribution is -0.124. The van der Waals surface area contributed by atoms with Crippen molar-refractivity contribution in [2.24, 2.45) is 5.92 Å². The summed E-state index contributed by atoms with van der Waals surface area (Å²) in [6.45, 7) is 2.56. The first-order chi connectivity index (χ1) is 9.65. The molecule has 4 heteroatoms. The number of rotatable bonds is 5. The van der Waals surface area contributed by atoms with Gasteiger partial charge in [0, 0.05) is 12.5 Å². The van der Waals surface area contributed by atoms with Gasteiger partial charge in [-0.25, -0.2) is 0 Å². The molecule has 4 nitrogen and oxygen atoms in total. The number of benzene rings is 1. The molecule has 1 saturated carbocycles. The molecule has 0 heterocycles. The molecule has 1 aliphatic carbocycles. The van der Waals surface area contributed by atoms with Gasteiger partial charge in [0.15, 0.2) is 11.5 Å². The standard InChI is InChI=1S/C16H23NO3/c1-11-8-14(19-2)15(20-3)9-13(11)10-17-16(18)12-6-4-5-7-12/h8-9,12H,4-7,10H2,1-3H3,(H,17,18). The molecule has 1 aliphatic rings. The van der Waals surface area contributed by atoms with Crippen molar-refractivity contribution in [2.75, 3.05) is 14.2 Å². The van der Waals surface area contributed by atoms with Crippen LogP contribution >= 0.6 is 0 Å². The third-order valence-corrected chi connectivity index (χ3v) is 4.02.